The fourth-order valence-electron chi connectivity index (χ4n) is 2.27. The van der Waals surface area contributed by atoms with Crippen LogP contribution < -0.4 is 5.32 Å². The Morgan fingerprint density at radius 2 is 1.72 bits per heavy atom. The van der Waals surface area contributed by atoms with E-state index in [-0.39, 0.29) is 10.6 Å². The molecule has 1 amide bonds. The first-order valence-electron chi connectivity index (χ1n) is 8.39. The number of carbonyl (C=O) groups is 2. The summed E-state index contributed by atoms with van der Waals surface area (Å²) in [6.07, 6.45) is -5.02. The largest absolute Gasteiger partial charge is 0.456 e. The van der Waals surface area contributed by atoms with Crippen molar-refractivity contribution < 1.29 is 35.9 Å². The fraction of sp³-hybridized carbons (Fsp3) is 0.263. The number of aryl methyl sites for hydroxylation is 1. The highest BCUT2D eigenvalue weighted by molar-refractivity contribution is 7.91. The Labute approximate surface area is 165 Å². The number of hydrogen-bond donors (Lipinski definition) is 1. The van der Waals surface area contributed by atoms with E-state index in [1.165, 1.54) is 18.2 Å². The van der Waals surface area contributed by atoms with Crippen molar-refractivity contribution >= 4 is 27.4 Å². The van der Waals surface area contributed by atoms with E-state index in [4.69, 9.17) is 0 Å². The molecule has 0 heterocycles. The number of nitrogens with one attached hydrogen (secondary N) is 1. The van der Waals surface area contributed by atoms with Gasteiger partial charge < -0.3 is 10.1 Å². The summed E-state index contributed by atoms with van der Waals surface area (Å²) in [4.78, 5) is 23.5. The smallest absolute Gasteiger partial charge is 0.416 e. The molecule has 0 aliphatic carbocycles. The highest BCUT2D eigenvalue weighted by atomic mass is 32.2. The van der Waals surface area contributed by atoms with Crippen LogP contribution in [0.25, 0.3) is 0 Å². The predicted octanol–water partition coefficient (Wildman–Crippen LogP) is 3.36. The molecule has 0 spiro atoms. The maximum Gasteiger partial charge on any atom is 0.416 e. The lowest BCUT2D eigenvalue weighted by atomic mass is 10.2. The summed E-state index contributed by atoms with van der Waals surface area (Å²) in [5.74, 6) is -2.26. The second kappa shape index (κ2) is 9.08. The number of hydrogen-bond acceptors (Lipinski definition) is 5. The molecule has 2 aromatic carbocycles. The lowest BCUT2D eigenvalue weighted by Gasteiger charge is -2.10. The molecule has 2 rings (SSSR count). The van der Waals surface area contributed by atoms with Gasteiger partial charge in [0.2, 0.25) is 0 Å². The topological polar surface area (TPSA) is 89.5 Å². The van der Waals surface area contributed by atoms with Crippen molar-refractivity contribution in [2.75, 3.05) is 17.7 Å². The average Bonchev–Trinajstić information content (AvgIpc) is 2.65. The quantitative estimate of drug-likeness (QED) is 0.682. The van der Waals surface area contributed by atoms with Gasteiger partial charge in [0.25, 0.3) is 5.91 Å². The summed E-state index contributed by atoms with van der Waals surface area (Å²) in [5, 5.41) is 2.18. The standard InChI is InChI=1S/C19H18F3NO5S/c1-13-5-7-16(8-6-13)29(26,27)10-9-18(25)28-12-17(24)23-15-4-2-3-14(11-15)19(20,21)22/h2-8,11H,9-10,12H2,1H3,(H,23,24). The van der Waals surface area contributed by atoms with Crippen LogP contribution in [0.15, 0.2) is 53.4 Å². The number of ether oxygens (including phenoxy) is 1. The van der Waals surface area contributed by atoms with Crippen LogP contribution in [-0.2, 0) is 30.3 Å². The number of sulfone groups is 1. The van der Waals surface area contributed by atoms with Gasteiger partial charge >= 0.3 is 12.1 Å². The summed E-state index contributed by atoms with van der Waals surface area (Å²) in [6.45, 7) is 1.05. The van der Waals surface area contributed by atoms with Gasteiger partial charge in [0.15, 0.2) is 16.4 Å². The molecule has 2 aromatic rings. The number of benzene rings is 2. The molecular formula is C19H18F3NO5S. The molecule has 0 unspecified atom stereocenters. The molecule has 156 valence electrons. The van der Waals surface area contributed by atoms with Gasteiger partial charge in [-0.05, 0) is 37.3 Å². The number of carbonyl (C=O) groups excluding carboxylic acids is 2. The molecule has 0 saturated carbocycles. The molecule has 6 nitrogen and oxygen atoms in total. The fourth-order valence-corrected chi connectivity index (χ4v) is 3.49. The molecule has 0 atom stereocenters. The maximum atomic E-state index is 12.7. The number of anilines is 1. The summed E-state index contributed by atoms with van der Waals surface area (Å²) in [7, 11) is -3.69. The minimum Gasteiger partial charge on any atom is -0.456 e. The molecule has 0 bridgehead atoms. The third kappa shape index (κ3) is 6.90. The average molecular weight is 429 g/mol. The molecule has 0 aromatic heterocycles. The van der Waals surface area contributed by atoms with Crippen molar-refractivity contribution in [2.24, 2.45) is 0 Å². The molecule has 0 aliphatic heterocycles. The normalized spacial score (nSPS) is 11.7. The predicted molar refractivity (Wildman–Crippen MR) is 98.9 cm³/mol. The Morgan fingerprint density at radius 1 is 1.07 bits per heavy atom. The van der Waals surface area contributed by atoms with Crippen molar-refractivity contribution in [1.29, 1.82) is 0 Å². The van der Waals surface area contributed by atoms with Crippen LogP contribution in [-0.4, -0.2) is 32.7 Å². The van der Waals surface area contributed by atoms with E-state index >= 15 is 0 Å². The first kappa shape index (κ1) is 22.4. The summed E-state index contributed by atoms with van der Waals surface area (Å²) < 4.78 is 67.0. The van der Waals surface area contributed by atoms with Gasteiger partial charge in [-0.15, -0.1) is 0 Å². The third-order valence-electron chi connectivity index (χ3n) is 3.79. The number of esters is 1. The van der Waals surface area contributed by atoms with Gasteiger partial charge in [-0.2, -0.15) is 13.2 Å². The van der Waals surface area contributed by atoms with Crippen molar-refractivity contribution in [3.63, 3.8) is 0 Å². The van der Waals surface area contributed by atoms with Crippen molar-refractivity contribution in [2.45, 2.75) is 24.4 Å². The Kier molecular flexibility index (Phi) is 7.02. The zero-order chi connectivity index (χ0) is 21.7. The molecule has 29 heavy (non-hydrogen) atoms. The van der Waals surface area contributed by atoms with Gasteiger partial charge in [0.1, 0.15) is 0 Å². The summed E-state index contributed by atoms with van der Waals surface area (Å²) in [5.41, 5.74) is -0.161. The monoisotopic (exact) mass is 429 g/mol. The SMILES string of the molecule is Cc1ccc(S(=O)(=O)CCC(=O)OCC(=O)Nc2cccc(C(F)(F)F)c2)cc1. The van der Waals surface area contributed by atoms with Gasteiger partial charge in [-0.3, -0.25) is 9.59 Å². The van der Waals surface area contributed by atoms with Crippen LogP contribution in [0.2, 0.25) is 0 Å². The van der Waals surface area contributed by atoms with E-state index in [0.29, 0.717) is 0 Å². The summed E-state index contributed by atoms with van der Waals surface area (Å²) >= 11 is 0. The van der Waals surface area contributed by atoms with Crippen LogP contribution in [0.1, 0.15) is 17.5 Å². The van der Waals surface area contributed by atoms with E-state index < -0.39 is 52.2 Å². The first-order chi connectivity index (χ1) is 13.5. The second-order valence-corrected chi connectivity index (χ2v) is 8.28. The highest BCUT2D eigenvalue weighted by Gasteiger charge is 2.30. The summed E-state index contributed by atoms with van der Waals surface area (Å²) in [6, 6.07) is 10.1. The lowest BCUT2D eigenvalue weighted by Crippen LogP contribution is -2.22. The highest BCUT2D eigenvalue weighted by Crippen LogP contribution is 2.30. The zero-order valence-corrected chi connectivity index (χ0v) is 16.1. The Morgan fingerprint density at radius 3 is 2.34 bits per heavy atom. The first-order valence-corrected chi connectivity index (χ1v) is 10.0. The van der Waals surface area contributed by atoms with Gasteiger partial charge in [0.05, 0.1) is 22.6 Å². The number of halogens is 3. The van der Waals surface area contributed by atoms with Crippen LogP contribution in [0.5, 0.6) is 0 Å². The molecule has 0 radical (unpaired) electrons. The minimum atomic E-state index is -4.56. The molecule has 0 aliphatic rings. The van der Waals surface area contributed by atoms with Crippen molar-refractivity contribution in [1.82, 2.24) is 0 Å². The zero-order valence-electron chi connectivity index (χ0n) is 15.3. The Balaban J connectivity index is 1.83. The van der Waals surface area contributed by atoms with E-state index in [1.54, 1.807) is 19.1 Å². The third-order valence-corrected chi connectivity index (χ3v) is 5.52. The van der Waals surface area contributed by atoms with Crippen LogP contribution in [0, 0.1) is 6.92 Å². The van der Waals surface area contributed by atoms with E-state index in [1.807, 2.05) is 0 Å². The van der Waals surface area contributed by atoms with Gasteiger partial charge in [-0.25, -0.2) is 8.42 Å². The van der Waals surface area contributed by atoms with Gasteiger partial charge in [-0.1, -0.05) is 23.8 Å². The lowest BCUT2D eigenvalue weighted by molar-refractivity contribution is -0.146. The minimum absolute atomic E-state index is 0.0678. The Bertz CT molecular complexity index is 986. The molecule has 10 heteroatoms. The van der Waals surface area contributed by atoms with Gasteiger partial charge in [0, 0.05) is 5.69 Å². The van der Waals surface area contributed by atoms with Crippen LogP contribution in [0.3, 0.4) is 0 Å². The van der Waals surface area contributed by atoms with E-state index in [0.717, 1.165) is 23.8 Å². The molecular weight excluding hydrogens is 411 g/mol. The number of rotatable bonds is 7. The maximum absolute atomic E-state index is 12.7. The van der Waals surface area contributed by atoms with Crippen molar-refractivity contribution in [3.05, 3.63) is 59.7 Å². The molecule has 0 fully saturated rings. The van der Waals surface area contributed by atoms with Crippen molar-refractivity contribution in [3.8, 4) is 0 Å². The van der Waals surface area contributed by atoms with E-state index in [2.05, 4.69) is 10.1 Å². The molecule has 0 saturated heterocycles. The van der Waals surface area contributed by atoms with Crippen LogP contribution in [0.4, 0.5) is 18.9 Å². The van der Waals surface area contributed by atoms with Crippen LogP contribution >= 0.6 is 0 Å². The number of amides is 1. The molecule has 1 N–H and O–H groups in total. The second-order valence-electron chi connectivity index (χ2n) is 6.17. The van der Waals surface area contributed by atoms with E-state index in [9.17, 15) is 31.2 Å². The number of alkyl halides is 3. The Hall–Kier alpha value is -2.88.